The van der Waals surface area contributed by atoms with Gasteiger partial charge >= 0.3 is 5.97 Å². The molecule has 0 saturated heterocycles. The Morgan fingerprint density at radius 1 is 0.765 bits per heavy atom. The van der Waals surface area contributed by atoms with Crippen LogP contribution in [0.1, 0.15) is 30.4 Å². The second-order valence-electron chi connectivity index (χ2n) is 8.14. The Morgan fingerprint density at radius 2 is 1.24 bits per heavy atom. The van der Waals surface area contributed by atoms with Crippen LogP contribution >= 0.6 is 0 Å². The van der Waals surface area contributed by atoms with E-state index in [-0.39, 0.29) is 30.2 Å². The molecule has 0 radical (unpaired) electrons. The zero-order valence-electron chi connectivity index (χ0n) is 18.8. The number of phenols is 2. The highest BCUT2D eigenvalue weighted by molar-refractivity contribution is 5.87. The Hall–Kier alpha value is -3.63. The minimum Gasteiger partial charge on any atom is -0.508 e. The van der Waals surface area contributed by atoms with E-state index in [1.54, 1.807) is 24.3 Å². The largest absolute Gasteiger partial charge is 0.508 e. The van der Waals surface area contributed by atoms with E-state index >= 15 is 0 Å². The minimum atomic E-state index is -1.16. The zero-order valence-corrected chi connectivity index (χ0v) is 18.8. The SMILES string of the molecule is N[C@@H](Cc1ccc(O)cc1)C(=O)NCCCC[C@H](NC(=O)[C@@H](N)Cc1ccc(O)cc1)C(=O)O. The van der Waals surface area contributed by atoms with Crippen LogP contribution in [0.2, 0.25) is 0 Å². The maximum atomic E-state index is 12.3. The second-order valence-corrected chi connectivity index (χ2v) is 8.14. The van der Waals surface area contributed by atoms with Crippen molar-refractivity contribution in [1.82, 2.24) is 10.6 Å². The van der Waals surface area contributed by atoms with Crippen LogP contribution in [-0.2, 0) is 27.2 Å². The molecule has 9 N–H and O–H groups in total. The highest BCUT2D eigenvalue weighted by Crippen LogP contribution is 2.12. The maximum Gasteiger partial charge on any atom is 0.326 e. The highest BCUT2D eigenvalue weighted by atomic mass is 16.4. The van der Waals surface area contributed by atoms with Crippen LogP contribution < -0.4 is 22.1 Å². The van der Waals surface area contributed by atoms with Crippen molar-refractivity contribution in [2.45, 2.75) is 50.2 Å². The monoisotopic (exact) mass is 472 g/mol. The molecule has 2 aromatic rings. The van der Waals surface area contributed by atoms with Crippen LogP contribution in [-0.4, -0.2) is 57.8 Å². The first-order valence-electron chi connectivity index (χ1n) is 11.0. The van der Waals surface area contributed by atoms with Crippen LogP contribution in [0.15, 0.2) is 48.5 Å². The zero-order chi connectivity index (χ0) is 25.1. The normalized spacial score (nSPS) is 13.5. The Morgan fingerprint density at radius 3 is 1.71 bits per heavy atom. The van der Waals surface area contributed by atoms with Gasteiger partial charge in [-0.05, 0) is 67.5 Å². The van der Waals surface area contributed by atoms with Crippen LogP contribution in [0, 0.1) is 0 Å². The van der Waals surface area contributed by atoms with E-state index < -0.39 is 30.0 Å². The van der Waals surface area contributed by atoms with Crippen molar-refractivity contribution in [2.24, 2.45) is 11.5 Å². The fourth-order valence-electron chi connectivity index (χ4n) is 3.31. The quantitative estimate of drug-likeness (QED) is 0.204. The first-order chi connectivity index (χ1) is 16.2. The van der Waals surface area contributed by atoms with Gasteiger partial charge < -0.3 is 37.4 Å². The molecule has 2 rings (SSSR count). The molecule has 3 atom stereocenters. The van der Waals surface area contributed by atoms with Crippen LogP contribution in [0.4, 0.5) is 0 Å². The van der Waals surface area contributed by atoms with Crippen molar-refractivity contribution < 1.29 is 29.7 Å². The summed E-state index contributed by atoms with van der Waals surface area (Å²) < 4.78 is 0. The van der Waals surface area contributed by atoms with Gasteiger partial charge in [0.1, 0.15) is 17.5 Å². The maximum absolute atomic E-state index is 12.3. The average molecular weight is 473 g/mol. The molecule has 0 bridgehead atoms. The topological polar surface area (TPSA) is 188 Å². The molecular formula is C24H32N4O6. The number of rotatable bonds is 13. The summed E-state index contributed by atoms with van der Waals surface area (Å²) >= 11 is 0. The van der Waals surface area contributed by atoms with Crippen LogP contribution in [0.25, 0.3) is 0 Å². The minimum absolute atomic E-state index is 0.100. The lowest BCUT2D eigenvalue weighted by atomic mass is 10.0. The van der Waals surface area contributed by atoms with E-state index in [1.807, 2.05) is 0 Å². The van der Waals surface area contributed by atoms with Gasteiger partial charge in [0.25, 0.3) is 0 Å². The second kappa shape index (κ2) is 13.2. The number of hydrogen-bond donors (Lipinski definition) is 7. The van der Waals surface area contributed by atoms with E-state index in [4.69, 9.17) is 11.5 Å². The summed E-state index contributed by atoms with van der Waals surface area (Å²) in [6.07, 6.45) is 1.68. The standard InChI is InChI=1S/C24H32N4O6/c25-19(13-15-4-8-17(29)9-5-15)22(31)27-12-2-1-3-21(24(33)34)28-23(32)20(26)14-16-6-10-18(30)11-7-16/h4-11,19-21,29-30H,1-3,12-14,25-26H2,(H,27,31)(H,28,32)(H,33,34)/t19-,20-,21-/m0/s1. The van der Waals surface area contributed by atoms with Crippen molar-refractivity contribution in [1.29, 1.82) is 0 Å². The smallest absolute Gasteiger partial charge is 0.326 e. The lowest BCUT2D eigenvalue weighted by Gasteiger charge is -2.18. The number of carboxylic acids is 1. The summed E-state index contributed by atoms with van der Waals surface area (Å²) in [5.74, 6) is -1.82. The van der Waals surface area contributed by atoms with E-state index in [2.05, 4.69) is 10.6 Å². The summed E-state index contributed by atoms with van der Waals surface area (Å²) in [7, 11) is 0. The molecule has 2 amide bonds. The van der Waals surface area contributed by atoms with Gasteiger partial charge in [-0.25, -0.2) is 4.79 Å². The van der Waals surface area contributed by atoms with Gasteiger partial charge in [0.15, 0.2) is 0 Å². The number of aliphatic carboxylic acids is 1. The number of phenolic OH excluding ortho intramolecular Hbond substituents is 2. The van der Waals surface area contributed by atoms with E-state index in [0.29, 0.717) is 25.8 Å². The number of aromatic hydroxyl groups is 2. The molecule has 0 aromatic heterocycles. The van der Waals surface area contributed by atoms with Crippen molar-refractivity contribution in [3.63, 3.8) is 0 Å². The number of carbonyl (C=O) groups excluding carboxylic acids is 2. The summed E-state index contributed by atoms with van der Waals surface area (Å²) in [4.78, 5) is 36.0. The molecule has 184 valence electrons. The summed E-state index contributed by atoms with van der Waals surface area (Å²) in [5.41, 5.74) is 13.4. The van der Waals surface area contributed by atoms with Gasteiger partial charge in [-0.2, -0.15) is 0 Å². The van der Waals surface area contributed by atoms with Gasteiger partial charge in [0, 0.05) is 6.54 Å². The molecule has 2 aromatic carbocycles. The van der Waals surface area contributed by atoms with Gasteiger partial charge in [-0.3, -0.25) is 9.59 Å². The molecule has 0 aliphatic carbocycles. The number of amides is 2. The first kappa shape index (κ1) is 26.6. The number of carboxylic acid groups (broad SMARTS) is 1. The molecular weight excluding hydrogens is 440 g/mol. The van der Waals surface area contributed by atoms with E-state index in [9.17, 15) is 29.7 Å². The average Bonchev–Trinajstić information content (AvgIpc) is 2.80. The van der Waals surface area contributed by atoms with Gasteiger partial charge in [0.05, 0.1) is 12.1 Å². The fraction of sp³-hybridized carbons (Fsp3) is 0.375. The van der Waals surface area contributed by atoms with Gasteiger partial charge in [-0.1, -0.05) is 24.3 Å². The molecule has 0 saturated carbocycles. The third kappa shape index (κ3) is 9.08. The Kier molecular flexibility index (Phi) is 10.3. The number of nitrogens with one attached hydrogen (secondary N) is 2. The molecule has 0 heterocycles. The van der Waals surface area contributed by atoms with Crippen molar-refractivity contribution in [2.75, 3.05) is 6.54 Å². The lowest BCUT2D eigenvalue weighted by molar-refractivity contribution is -0.142. The third-order valence-corrected chi connectivity index (χ3v) is 5.29. The van der Waals surface area contributed by atoms with E-state index in [1.165, 1.54) is 24.3 Å². The van der Waals surface area contributed by atoms with Crippen LogP contribution in [0.5, 0.6) is 11.5 Å². The van der Waals surface area contributed by atoms with Crippen molar-refractivity contribution in [3.05, 3.63) is 59.7 Å². The van der Waals surface area contributed by atoms with Gasteiger partial charge in [-0.15, -0.1) is 0 Å². The molecule has 0 aliphatic heterocycles. The van der Waals surface area contributed by atoms with E-state index in [0.717, 1.165) is 11.1 Å². The lowest BCUT2D eigenvalue weighted by Crippen LogP contribution is -2.49. The number of nitrogens with two attached hydrogens (primary N) is 2. The Bertz CT molecular complexity index is 949. The molecule has 10 heteroatoms. The summed E-state index contributed by atoms with van der Waals surface area (Å²) in [5, 5.41) is 33.2. The Balaban J connectivity index is 1.69. The molecule has 0 spiro atoms. The number of hydrogen-bond acceptors (Lipinski definition) is 7. The summed E-state index contributed by atoms with van der Waals surface area (Å²) in [6, 6.07) is 9.92. The molecule has 10 nitrogen and oxygen atoms in total. The third-order valence-electron chi connectivity index (χ3n) is 5.29. The number of benzene rings is 2. The number of carbonyl (C=O) groups is 3. The van der Waals surface area contributed by atoms with Gasteiger partial charge in [0.2, 0.25) is 11.8 Å². The van der Waals surface area contributed by atoms with Crippen molar-refractivity contribution >= 4 is 17.8 Å². The predicted octanol–water partition coefficient (Wildman–Crippen LogP) is 0.394. The van der Waals surface area contributed by atoms with Crippen LogP contribution in [0.3, 0.4) is 0 Å². The molecule has 0 fully saturated rings. The summed E-state index contributed by atoms with van der Waals surface area (Å²) in [6.45, 7) is 0.322. The Labute approximate surface area is 198 Å². The first-order valence-corrected chi connectivity index (χ1v) is 11.0. The molecule has 34 heavy (non-hydrogen) atoms. The number of unbranched alkanes of at least 4 members (excludes halogenated alkanes) is 1. The van der Waals surface area contributed by atoms with Crippen molar-refractivity contribution in [3.8, 4) is 11.5 Å². The highest BCUT2D eigenvalue weighted by Gasteiger charge is 2.23. The fourth-order valence-corrected chi connectivity index (χ4v) is 3.31. The molecule has 0 unspecified atom stereocenters. The predicted molar refractivity (Wildman–Crippen MR) is 126 cm³/mol. The molecule has 0 aliphatic rings.